The fourth-order valence-corrected chi connectivity index (χ4v) is 1.24. The molecule has 0 aliphatic rings. The minimum Gasteiger partial charge on any atom is -0.463 e. The predicted molar refractivity (Wildman–Crippen MR) is 57.4 cm³/mol. The summed E-state index contributed by atoms with van der Waals surface area (Å²) in [5, 5.41) is 0. The first-order valence-corrected chi connectivity index (χ1v) is 4.80. The van der Waals surface area contributed by atoms with Gasteiger partial charge in [0.05, 0.1) is 23.7 Å². The molecule has 1 aromatic carbocycles. The van der Waals surface area contributed by atoms with Gasteiger partial charge in [-0.05, 0) is 36.4 Å². The first kappa shape index (κ1) is 11.4. The third kappa shape index (κ3) is 2.96. The van der Waals surface area contributed by atoms with Gasteiger partial charge in [0.2, 0.25) is 0 Å². The Morgan fingerprint density at radius 2 is 1.76 bits per heavy atom. The minimum atomic E-state index is -4.32. The van der Waals surface area contributed by atoms with E-state index in [0.717, 1.165) is 12.1 Å². The van der Waals surface area contributed by atoms with Crippen molar-refractivity contribution in [1.82, 2.24) is 0 Å². The van der Waals surface area contributed by atoms with Crippen molar-refractivity contribution >= 4 is 11.9 Å². The molecule has 1 aromatic heterocycles. The topological polar surface area (TPSA) is 25.5 Å². The molecule has 0 radical (unpaired) electrons. The number of halogens is 3. The SMILES string of the molecule is FC(F)(F)c1ccc(N=Cc2ccco2)cc1. The summed E-state index contributed by atoms with van der Waals surface area (Å²) in [5.41, 5.74) is -0.246. The quantitative estimate of drug-likeness (QED) is 0.726. The molecule has 0 saturated heterocycles. The van der Waals surface area contributed by atoms with Gasteiger partial charge in [0.15, 0.2) is 0 Å². The van der Waals surface area contributed by atoms with E-state index in [1.165, 1.54) is 24.6 Å². The highest BCUT2D eigenvalue weighted by Crippen LogP contribution is 2.30. The molecule has 5 heteroatoms. The fraction of sp³-hybridized carbons (Fsp3) is 0.0833. The van der Waals surface area contributed by atoms with Gasteiger partial charge in [-0.2, -0.15) is 13.2 Å². The molecule has 0 fully saturated rings. The molecule has 2 rings (SSSR count). The Labute approximate surface area is 95.4 Å². The lowest BCUT2D eigenvalue weighted by atomic mass is 10.2. The van der Waals surface area contributed by atoms with Gasteiger partial charge in [0.1, 0.15) is 5.76 Å². The molecule has 0 amide bonds. The number of hydrogen-bond donors (Lipinski definition) is 0. The zero-order valence-corrected chi connectivity index (χ0v) is 8.61. The maximum atomic E-state index is 12.3. The van der Waals surface area contributed by atoms with E-state index in [-0.39, 0.29) is 0 Å². The van der Waals surface area contributed by atoms with Crippen molar-refractivity contribution < 1.29 is 17.6 Å². The van der Waals surface area contributed by atoms with Crippen LogP contribution in [0.2, 0.25) is 0 Å². The van der Waals surface area contributed by atoms with E-state index in [0.29, 0.717) is 11.4 Å². The smallest absolute Gasteiger partial charge is 0.416 e. The van der Waals surface area contributed by atoms with Crippen molar-refractivity contribution in [1.29, 1.82) is 0 Å². The Kier molecular flexibility index (Phi) is 2.99. The average molecular weight is 239 g/mol. The normalized spacial score (nSPS) is 12.2. The second-order valence-electron chi connectivity index (χ2n) is 3.32. The first-order valence-electron chi connectivity index (χ1n) is 4.80. The van der Waals surface area contributed by atoms with Crippen molar-refractivity contribution in [2.45, 2.75) is 6.18 Å². The van der Waals surface area contributed by atoms with Crippen LogP contribution in [0, 0.1) is 0 Å². The number of furan rings is 1. The number of benzene rings is 1. The standard InChI is InChI=1S/C12H8F3NO/c13-12(14,15)9-3-5-10(6-4-9)16-8-11-2-1-7-17-11/h1-8H. The molecule has 1 heterocycles. The summed E-state index contributed by atoms with van der Waals surface area (Å²) in [7, 11) is 0. The van der Waals surface area contributed by atoms with Crippen molar-refractivity contribution in [3.8, 4) is 0 Å². The Hall–Kier alpha value is -2.04. The molecule has 0 aliphatic carbocycles. The van der Waals surface area contributed by atoms with Gasteiger partial charge < -0.3 is 4.42 Å². The summed E-state index contributed by atoms with van der Waals surface area (Å²) >= 11 is 0. The molecule has 0 saturated carbocycles. The van der Waals surface area contributed by atoms with Crippen LogP contribution in [0.5, 0.6) is 0 Å². The zero-order chi connectivity index (χ0) is 12.3. The number of aliphatic imine (C=N–C) groups is 1. The van der Waals surface area contributed by atoms with E-state index in [4.69, 9.17) is 4.42 Å². The lowest BCUT2D eigenvalue weighted by Crippen LogP contribution is -2.03. The Bertz CT molecular complexity index is 498. The summed E-state index contributed by atoms with van der Waals surface area (Å²) < 4.78 is 41.8. The molecule has 0 atom stereocenters. The summed E-state index contributed by atoms with van der Waals surface area (Å²) in [4.78, 5) is 3.99. The van der Waals surface area contributed by atoms with Crippen LogP contribution in [0.4, 0.5) is 18.9 Å². The Morgan fingerprint density at radius 1 is 1.06 bits per heavy atom. The van der Waals surface area contributed by atoms with Crippen molar-refractivity contribution in [2.24, 2.45) is 4.99 Å². The molecule has 0 bridgehead atoms. The predicted octanol–water partition coefficient (Wildman–Crippen LogP) is 4.05. The van der Waals surface area contributed by atoms with Crippen LogP contribution < -0.4 is 0 Å². The van der Waals surface area contributed by atoms with Crippen LogP contribution in [0.1, 0.15) is 11.3 Å². The fourth-order valence-electron chi connectivity index (χ4n) is 1.24. The van der Waals surface area contributed by atoms with E-state index >= 15 is 0 Å². The largest absolute Gasteiger partial charge is 0.463 e. The first-order chi connectivity index (χ1) is 8.05. The third-order valence-electron chi connectivity index (χ3n) is 2.08. The van der Waals surface area contributed by atoms with Crippen LogP contribution >= 0.6 is 0 Å². The van der Waals surface area contributed by atoms with Crippen LogP contribution in [0.3, 0.4) is 0 Å². The number of rotatable bonds is 2. The second-order valence-corrected chi connectivity index (χ2v) is 3.32. The van der Waals surface area contributed by atoms with Gasteiger partial charge in [0.25, 0.3) is 0 Å². The highest BCUT2D eigenvalue weighted by atomic mass is 19.4. The highest BCUT2D eigenvalue weighted by molar-refractivity contribution is 5.78. The van der Waals surface area contributed by atoms with Crippen LogP contribution in [0.25, 0.3) is 0 Å². The highest BCUT2D eigenvalue weighted by Gasteiger charge is 2.29. The molecule has 0 aliphatic heterocycles. The van der Waals surface area contributed by atoms with Gasteiger partial charge in [-0.1, -0.05) is 0 Å². The summed E-state index contributed by atoms with van der Waals surface area (Å²) in [6, 6.07) is 8.01. The maximum absolute atomic E-state index is 12.3. The minimum absolute atomic E-state index is 0.439. The van der Waals surface area contributed by atoms with E-state index in [1.807, 2.05) is 0 Å². The van der Waals surface area contributed by atoms with E-state index in [1.54, 1.807) is 12.1 Å². The molecule has 2 nitrogen and oxygen atoms in total. The Balaban J connectivity index is 2.14. The molecule has 0 unspecified atom stereocenters. The Morgan fingerprint density at radius 3 is 2.29 bits per heavy atom. The van der Waals surface area contributed by atoms with Gasteiger partial charge in [-0.15, -0.1) is 0 Å². The summed E-state index contributed by atoms with van der Waals surface area (Å²) in [6.07, 6.45) is -1.38. The molecule has 2 aromatic rings. The number of hydrogen-bond acceptors (Lipinski definition) is 2. The van der Waals surface area contributed by atoms with Gasteiger partial charge in [0, 0.05) is 0 Å². The monoisotopic (exact) mass is 239 g/mol. The molecule has 17 heavy (non-hydrogen) atoms. The maximum Gasteiger partial charge on any atom is 0.416 e. The molecule has 0 N–H and O–H groups in total. The van der Waals surface area contributed by atoms with Crippen molar-refractivity contribution in [3.63, 3.8) is 0 Å². The lowest BCUT2D eigenvalue weighted by molar-refractivity contribution is -0.137. The van der Waals surface area contributed by atoms with Crippen molar-refractivity contribution in [2.75, 3.05) is 0 Å². The van der Waals surface area contributed by atoms with Crippen LogP contribution in [-0.2, 0) is 6.18 Å². The van der Waals surface area contributed by atoms with Gasteiger partial charge >= 0.3 is 6.18 Å². The summed E-state index contributed by atoms with van der Waals surface area (Å²) in [6.45, 7) is 0. The molecular formula is C12H8F3NO. The van der Waals surface area contributed by atoms with E-state index in [2.05, 4.69) is 4.99 Å². The molecular weight excluding hydrogens is 231 g/mol. The van der Waals surface area contributed by atoms with Gasteiger partial charge in [-0.3, -0.25) is 4.99 Å². The van der Waals surface area contributed by atoms with E-state index in [9.17, 15) is 13.2 Å². The lowest BCUT2D eigenvalue weighted by Gasteiger charge is -2.05. The van der Waals surface area contributed by atoms with Crippen LogP contribution in [-0.4, -0.2) is 6.21 Å². The second kappa shape index (κ2) is 4.45. The van der Waals surface area contributed by atoms with Crippen LogP contribution in [0.15, 0.2) is 52.1 Å². The average Bonchev–Trinajstić information content (AvgIpc) is 2.78. The molecule has 88 valence electrons. The van der Waals surface area contributed by atoms with Gasteiger partial charge in [-0.25, -0.2) is 0 Å². The third-order valence-corrected chi connectivity index (χ3v) is 2.08. The molecule has 0 spiro atoms. The van der Waals surface area contributed by atoms with Crippen molar-refractivity contribution in [3.05, 3.63) is 54.0 Å². The number of nitrogens with zero attached hydrogens (tertiary/aromatic N) is 1. The number of alkyl halides is 3. The zero-order valence-electron chi connectivity index (χ0n) is 8.61. The summed E-state index contributed by atoms with van der Waals surface area (Å²) in [5.74, 6) is 0.546. The van der Waals surface area contributed by atoms with E-state index < -0.39 is 11.7 Å².